The lowest BCUT2D eigenvalue weighted by atomic mass is 10.0. The Labute approximate surface area is 245 Å². The van der Waals surface area contributed by atoms with E-state index in [-0.39, 0.29) is 47.9 Å². The quantitative estimate of drug-likeness (QED) is 0.169. The van der Waals surface area contributed by atoms with Crippen molar-refractivity contribution in [2.45, 2.75) is 31.7 Å². The molecule has 1 amide bonds. The van der Waals surface area contributed by atoms with Gasteiger partial charge in [0.05, 0.1) is 19.3 Å². The molecule has 0 spiro atoms. The number of hydrogen-bond donors (Lipinski definition) is 6. The molecule has 4 unspecified atom stereocenters. The number of nitrogens with one attached hydrogen (secondary N) is 4. The maximum atomic E-state index is 14.2. The molecular weight excluding hydrogens is 592 g/mol. The predicted molar refractivity (Wildman–Crippen MR) is 151 cm³/mol. The summed E-state index contributed by atoms with van der Waals surface area (Å²) in [5.74, 6) is -2.24. The Balaban J connectivity index is 1.87. The summed E-state index contributed by atoms with van der Waals surface area (Å²) in [5, 5.41) is 22.1. The molecule has 2 aromatic heterocycles. The van der Waals surface area contributed by atoms with Gasteiger partial charge in [0.15, 0.2) is 13.3 Å². The minimum atomic E-state index is -5.17. The van der Waals surface area contributed by atoms with Crippen LogP contribution in [0.3, 0.4) is 0 Å². The van der Waals surface area contributed by atoms with Gasteiger partial charge in [-0.05, 0) is 19.1 Å². The number of quaternary nitrogens is 1. The van der Waals surface area contributed by atoms with Crippen LogP contribution < -0.4 is 25.3 Å². The minimum absolute atomic E-state index is 0.0275. The lowest BCUT2D eigenvalue weighted by Gasteiger charge is -2.41. The molecule has 0 radical (unpaired) electrons. The second-order valence-corrected chi connectivity index (χ2v) is 12.3. The molecule has 2 aromatic rings. The summed E-state index contributed by atoms with van der Waals surface area (Å²) in [6.07, 6.45) is 5.60. The SMILES string of the molecule is CNC(=O)C1=C(Nc2nc(NC3(P(=O)([O-])O)C=CC(C)=CC3)ncc2C(F)(F)F)C=CC[N+]1(CC(C)CO)c1cn[nH]c1. The second-order valence-electron chi connectivity index (χ2n) is 10.5. The summed E-state index contributed by atoms with van der Waals surface area (Å²) < 4.78 is 54.7. The van der Waals surface area contributed by atoms with Gasteiger partial charge in [-0.2, -0.15) is 23.3 Å². The fourth-order valence-corrected chi connectivity index (χ4v) is 5.85. The van der Waals surface area contributed by atoms with Crippen LogP contribution in [-0.2, 0) is 15.5 Å². The average molecular weight is 625 g/mol. The van der Waals surface area contributed by atoms with Gasteiger partial charge in [0, 0.05) is 25.6 Å². The van der Waals surface area contributed by atoms with Crippen molar-refractivity contribution in [3.05, 3.63) is 71.5 Å². The number of carbonyl (C=O) groups excluding carboxylic acids is 1. The molecule has 0 saturated heterocycles. The van der Waals surface area contributed by atoms with Crippen LogP contribution in [0.2, 0.25) is 0 Å². The second kappa shape index (κ2) is 12.1. The van der Waals surface area contributed by atoms with E-state index in [4.69, 9.17) is 0 Å². The number of hydrogen-bond acceptors (Lipinski definition) is 9. The normalized spacial score (nSPS) is 24.3. The van der Waals surface area contributed by atoms with E-state index in [1.807, 2.05) is 0 Å². The lowest BCUT2D eigenvalue weighted by Crippen LogP contribution is -2.57. The first-order valence-corrected chi connectivity index (χ1v) is 14.7. The van der Waals surface area contributed by atoms with Crippen molar-refractivity contribution in [3.8, 4) is 0 Å². The zero-order chi connectivity index (χ0) is 31.6. The highest BCUT2D eigenvalue weighted by atomic mass is 31.2. The summed E-state index contributed by atoms with van der Waals surface area (Å²) >= 11 is 0. The topological polar surface area (TPSA) is 188 Å². The van der Waals surface area contributed by atoms with Crippen LogP contribution in [0, 0.1) is 5.92 Å². The fraction of sp³-hybridized carbons (Fsp3) is 0.385. The van der Waals surface area contributed by atoms with Crippen molar-refractivity contribution in [1.29, 1.82) is 0 Å². The predicted octanol–water partition coefficient (Wildman–Crippen LogP) is 2.35. The molecular formula is C26H32F3N8O5P. The number of aromatic amines is 1. The van der Waals surface area contributed by atoms with E-state index in [9.17, 15) is 37.4 Å². The number of halogens is 3. The molecule has 13 nitrogen and oxygen atoms in total. The molecule has 17 heteroatoms. The van der Waals surface area contributed by atoms with Gasteiger partial charge in [-0.3, -0.25) is 9.89 Å². The van der Waals surface area contributed by atoms with Crippen molar-refractivity contribution in [2.75, 3.05) is 37.4 Å². The van der Waals surface area contributed by atoms with E-state index in [0.717, 1.165) is 0 Å². The number of anilines is 2. The number of rotatable bonds is 10. The minimum Gasteiger partial charge on any atom is -0.777 e. The van der Waals surface area contributed by atoms with Gasteiger partial charge in [-0.1, -0.05) is 30.7 Å². The monoisotopic (exact) mass is 624 g/mol. The highest BCUT2D eigenvalue weighted by Gasteiger charge is 2.45. The summed E-state index contributed by atoms with van der Waals surface area (Å²) in [4.78, 5) is 43.5. The van der Waals surface area contributed by atoms with Crippen molar-refractivity contribution >= 4 is 31.0 Å². The number of H-pyrrole nitrogens is 1. The Kier molecular flexibility index (Phi) is 9.00. The first-order chi connectivity index (χ1) is 20.2. The van der Waals surface area contributed by atoms with Crippen LogP contribution in [0.4, 0.5) is 30.6 Å². The van der Waals surface area contributed by atoms with E-state index >= 15 is 0 Å². The fourth-order valence-electron chi connectivity index (χ4n) is 5.02. The Morgan fingerprint density at radius 3 is 2.63 bits per heavy atom. The molecule has 4 rings (SSSR count). The molecule has 2 aliphatic rings. The van der Waals surface area contributed by atoms with Crippen molar-refractivity contribution in [1.82, 2.24) is 30.0 Å². The molecule has 3 heterocycles. The standard InChI is InChI=1S/C26H32F3N8O5P/c1-16-6-8-25(9-7-16,43(40,41)42)36-24-31-13-19(26(27,28)29)22(35-24)34-20-5-4-10-37(14-17(2)15-38,18-11-32-33-12-18)21(20)23(39)30-3/h4-8,11-13,17,38H,9-10,14-15H2,1-3H3,(H5-,30,31,32,33,34,35,36,39,40,41,42). The molecule has 1 aliphatic heterocycles. The van der Waals surface area contributed by atoms with Crippen LogP contribution in [0.15, 0.2) is 65.9 Å². The number of carbonyl (C=O) groups is 1. The third kappa shape index (κ3) is 6.43. The Bertz CT molecular complexity index is 1540. The Morgan fingerprint density at radius 2 is 2.07 bits per heavy atom. The zero-order valence-corrected chi connectivity index (χ0v) is 24.4. The van der Waals surface area contributed by atoms with Crippen molar-refractivity contribution in [3.63, 3.8) is 0 Å². The number of nitrogens with zero attached hydrogens (tertiary/aromatic N) is 4. The van der Waals surface area contributed by atoms with E-state index in [1.54, 1.807) is 26.1 Å². The van der Waals surface area contributed by atoms with Gasteiger partial charge in [-0.15, -0.1) is 0 Å². The number of amides is 1. The summed E-state index contributed by atoms with van der Waals surface area (Å²) in [6, 6.07) is 0. The lowest BCUT2D eigenvalue weighted by molar-refractivity contribution is -0.197. The van der Waals surface area contributed by atoms with E-state index in [1.165, 1.54) is 37.5 Å². The average Bonchev–Trinajstić information content (AvgIpc) is 3.49. The van der Waals surface area contributed by atoms with Gasteiger partial charge in [-0.25, -0.2) is 9.47 Å². The molecule has 43 heavy (non-hydrogen) atoms. The molecule has 0 saturated carbocycles. The van der Waals surface area contributed by atoms with Crippen LogP contribution in [-0.4, -0.2) is 68.1 Å². The number of aliphatic hydroxyl groups is 1. The molecule has 0 bridgehead atoms. The van der Waals surface area contributed by atoms with E-state index in [2.05, 4.69) is 36.1 Å². The molecule has 232 valence electrons. The number of aromatic nitrogens is 4. The van der Waals surface area contributed by atoms with Crippen LogP contribution in [0.1, 0.15) is 25.8 Å². The van der Waals surface area contributed by atoms with E-state index in [0.29, 0.717) is 17.5 Å². The molecule has 6 N–H and O–H groups in total. The van der Waals surface area contributed by atoms with Crippen LogP contribution in [0.25, 0.3) is 0 Å². The number of allylic oxidation sites excluding steroid dienone is 3. The van der Waals surface area contributed by atoms with Crippen molar-refractivity contribution < 1.29 is 37.4 Å². The number of aliphatic hydroxyl groups excluding tert-OH is 1. The molecule has 0 fully saturated rings. The zero-order valence-electron chi connectivity index (χ0n) is 23.5. The van der Waals surface area contributed by atoms with Crippen LogP contribution >= 0.6 is 7.60 Å². The molecule has 4 atom stereocenters. The van der Waals surface area contributed by atoms with Gasteiger partial charge >= 0.3 is 12.1 Å². The maximum absolute atomic E-state index is 14.2. The smallest absolute Gasteiger partial charge is 0.421 e. The van der Waals surface area contributed by atoms with Crippen molar-refractivity contribution in [2.24, 2.45) is 5.92 Å². The number of alkyl halides is 3. The van der Waals surface area contributed by atoms with Gasteiger partial charge in [0.2, 0.25) is 11.6 Å². The summed E-state index contributed by atoms with van der Waals surface area (Å²) in [5.41, 5.74) is -0.0559. The first-order valence-electron chi connectivity index (χ1n) is 13.2. The van der Waals surface area contributed by atoms with Gasteiger partial charge < -0.3 is 35.4 Å². The van der Waals surface area contributed by atoms with Gasteiger partial charge in [0.1, 0.15) is 35.1 Å². The molecule has 1 aliphatic carbocycles. The Hall–Kier alpha value is -3.82. The van der Waals surface area contributed by atoms with Gasteiger partial charge in [0.25, 0.3) is 0 Å². The highest BCUT2D eigenvalue weighted by molar-refractivity contribution is 7.52. The third-order valence-electron chi connectivity index (χ3n) is 7.28. The van der Waals surface area contributed by atoms with E-state index < -0.39 is 42.3 Å². The largest absolute Gasteiger partial charge is 0.777 e. The first kappa shape index (κ1) is 32.1. The summed E-state index contributed by atoms with van der Waals surface area (Å²) in [7, 11) is -3.79. The highest BCUT2D eigenvalue weighted by Crippen LogP contribution is 2.51. The molecule has 0 aromatic carbocycles. The number of likely N-dealkylation sites (N-methyl/N-ethyl adjacent to an activating group) is 1. The Morgan fingerprint density at radius 1 is 1.33 bits per heavy atom. The maximum Gasteiger partial charge on any atom is 0.421 e. The summed E-state index contributed by atoms with van der Waals surface area (Å²) in [6.45, 7) is 3.66. The third-order valence-corrected chi connectivity index (χ3v) is 8.73. The van der Waals surface area contributed by atoms with Crippen LogP contribution in [0.5, 0.6) is 0 Å².